The normalized spacial score (nSPS) is 27.6. The molecule has 0 aromatic heterocycles. The van der Waals surface area contributed by atoms with Gasteiger partial charge in [0.2, 0.25) is 5.91 Å². The van der Waals surface area contributed by atoms with Gasteiger partial charge in [-0.1, -0.05) is 38.1 Å². The summed E-state index contributed by atoms with van der Waals surface area (Å²) in [6.07, 6.45) is -1.70. The number of aliphatic hydroxyl groups excluding tert-OH is 2. The van der Waals surface area contributed by atoms with Gasteiger partial charge in [-0.05, 0) is 17.0 Å². The molecular formula is C18H24N2O5. The molecule has 2 aliphatic heterocycles. The van der Waals surface area contributed by atoms with Gasteiger partial charge in [0.15, 0.2) is 0 Å². The van der Waals surface area contributed by atoms with Crippen LogP contribution < -0.4 is 0 Å². The fourth-order valence-corrected chi connectivity index (χ4v) is 3.91. The zero-order valence-corrected chi connectivity index (χ0v) is 14.4. The number of aliphatic hydroxyl groups is 2. The first-order valence-corrected chi connectivity index (χ1v) is 8.54. The van der Waals surface area contributed by atoms with Crippen molar-refractivity contribution in [3.8, 4) is 0 Å². The van der Waals surface area contributed by atoms with E-state index >= 15 is 0 Å². The number of carboxylic acid groups (broad SMARTS) is 1. The van der Waals surface area contributed by atoms with Crippen LogP contribution in [-0.4, -0.2) is 61.7 Å². The van der Waals surface area contributed by atoms with E-state index in [0.717, 1.165) is 11.1 Å². The number of hydrogen-bond acceptors (Lipinski definition) is 5. The number of carbonyl (C=O) groups excluding carboxylic acids is 1. The number of likely N-dealkylation sites (tertiary alicyclic amines) is 1. The Hall–Kier alpha value is -1.96. The Bertz CT molecular complexity index is 677. The molecule has 0 aliphatic carbocycles. The summed E-state index contributed by atoms with van der Waals surface area (Å²) in [6.45, 7) is 4.19. The number of nitrogens with zero attached hydrogens (tertiary/aromatic N) is 2. The minimum atomic E-state index is -1.11. The Morgan fingerprint density at radius 2 is 1.88 bits per heavy atom. The standard InChI is InChI=1S/C18H24N2O5/c1-10(2)15(17(23)19-9-12(21)7-14(19)18(24)25)20-8-11-5-3-4-6-13(11)16(20)22/h3-6,10,12,14-16,21-22H,7-9H2,1-2H3,(H,24,25)/t12-,14+,15+,16+/m1/s1. The van der Waals surface area contributed by atoms with Crippen LogP contribution in [0.5, 0.6) is 0 Å². The van der Waals surface area contributed by atoms with Gasteiger partial charge in [-0.25, -0.2) is 4.79 Å². The average molecular weight is 348 g/mol. The summed E-state index contributed by atoms with van der Waals surface area (Å²) in [5.41, 5.74) is 1.74. The van der Waals surface area contributed by atoms with E-state index in [1.165, 1.54) is 4.90 Å². The molecule has 0 radical (unpaired) electrons. The molecule has 0 saturated carbocycles. The summed E-state index contributed by atoms with van der Waals surface area (Å²) in [7, 11) is 0. The molecule has 3 N–H and O–H groups in total. The van der Waals surface area contributed by atoms with Crippen molar-refractivity contribution in [2.24, 2.45) is 5.92 Å². The van der Waals surface area contributed by atoms with Crippen LogP contribution in [0.3, 0.4) is 0 Å². The van der Waals surface area contributed by atoms with Crippen molar-refractivity contribution in [2.45, 2.75) is 51.2 Å². The summed E-state index contributed by atoms with van der Waals surface area (Å²) in [5, 5.41) is 29.9. The van der Waals surface area contributed by atoms with Crippen molar-refractivity contribution in [2.75, 3.05) is 6.54 Å². The van der Waals surface area contributed by atoms with Crippen LogP contribution in [0, 0.1) is 5.92 Å². The maximum absolute atomic E-state index is 13.1. The van der Waals surface area contributed by atoms with E-state index in [0.29, 0.717) is 6.54 Å². The molecule has 136 valence electrons. The van der Waals surface area contributed by atoms with Gasteiger partial charge in [0.05, 0.1) is 12.1 Å². The van der Waals surface area contributed by atoms with Gasteiger partial charge >= 0.3 is 5.97 Å². The summed E-state index contributed by atoms with van der Waals surface area (Å²) >= 11 is 0. The number of fused-ring (bicyclic) bond motifs is 1. The maximum atomic E-state index is 13.1. The van der Waals surface area contributed by atoms with Gasteiger partial charge in [-0.2, -0.15) is 0 Å². The highest BCUT2D eigenvalue weighted by atomic mass is 16.4. The molecule has 7 heteroatoms. The van der Waals surface area contributed by atoms with Crippen LogP contribution in [0.1, 0.15) is 37.6 Å². The number of carboxylic acids is 1. The summed E-state index contributed by atoms with van der Waals surface area (Å²) in [6, 6.07) is 5.80. The molecule has 1 saturated heterocycles. The molecule has 1 amide bonds. The monoisotopic (exact) mass is 348 g/mol. The molecule has 2 heterocycles. The van der Waals surface area contributed by atoms with Crippen molar-refractivity contribution >= 4 is 11.9 Å². The van der Waals surface area contributed by atoms with Crippen LogP contribution in [0.25, 0.3) is 0 Å². The van der Waals surface area contributed by atoms with E-state index in [1.54, 1.807) is 4.90 Å². The van der Waals surface area contributed by atoms with Gasteiger partial charge in [-0.15, -0.1) is 0 Å². The minimum absolute atomic E-state index is 0.00983. The number of benzene rings is 1. The third kappa shape index (κ3) is 3.15. The number of amides is 1. The molecule has 2 aliphatic rings. The Balaban J connectivity index is 1.87. The van der Waals surface area contributed by atoms with E-state index in [9.17, 15) is 24.9 Å². The number of carbonyl (C=O) groups is 2. The SMILES string of the molecule is CC(C)[C@@H](C(=O)N1C[C@H](O)C[C@H]1C(=O)O)N1Cc2ccccc2[C@@H]1O. The van der Waals surface area contributed by atoms with Crippen molar-refractivity contribution in [3.63, 3.8) is 0 Å². The summed E-state index contributed by atoms with van der Waals surface area (Å²) in [4.78, 5) is 27.5. The van der Waals surface area contributed by atoms with Gasteiger partial charge in [-0.3, -0.25) is 9.69 Å². The Morgan fingerprint density at radius 3 is 2.48 bits per heavy atom. The van der Waals surface area contributed by atoms with Gasteiger partial charge in [0.25, 0.3) is 0 Å². The van der Waals surface area contributed by atoms with Gasteiger partial charge < -0.3 is 20.2 Å². The lowest BCUT2D eigenvalue weighted by atomic mass is 10.0. The quantitative estimate of drug-likeness (QED) is 0.735. The lowest BCUT2D eigenvalue weighted by Gasteiger charge is -2.36. The predicted molar refractivity (Wildman–Crippen MR) is 89.3 cm³/mol. The van der Waals surface area contributed by atoms with Crippen LogP contribution >= 0.6 is 0 Å². The number of β-amino-alcohol motifs (C(OH)–C–C–N with tert-alkyl or cyclic N) is 1. The number of hydrogen-bond donors (Lipinski definition) is 3. The van der Waals surface area contributed by atoms with Crippen LogP contribution in [0.4, 0.5) is 0 Å². The Kier molecular flexibility index (Phi) is 4.81. The first kappa shape index (κ1) is 17.8. The van der Waals surface area contributed by atoms with E-state index < -0.39 is 30.4 Å². The number of aliphatic carboxylic acids is 1. The van der Waals surface area contributed by atoms with Gasteiger partial charge in [0, 0.05) is 19.5 Å². The largest absolute Gasteiger partial charge is 0.480 e. The third-order valence-corrected chi connectivity index (χ3v) is 5.09. The molecule has 1 fully saturated rings. The van der Waals surface area contributed by atoms with E-state index in [2.05, 4.69) is 0 Å². The molecular weight excluding hydrogens is 324 g/mol. The highest BCUT2D eigenvalue weighted by Crippen LogP contribution is 2.36. The maximum Gasteiger partial charge on any atom is 0.326 e. The van der Waals surface area contributed by atoms with E-state index in [1.807, 2.05) is 38.1 Å². The lowest BCUT2D eigenvalue weighted by Crippen LogP contribution is -2.53. The van der Waals surface area contributed by atoms with Crippen LogP contribution in [-0.2, 0) is 16.1 Å². The highest BCUT2D eigenvalue weighted by Gasteiger charge is 2.46. The molecule has 0 spiro atoms. The fourth-order valence-electron chi connectivity index (χ4n) is 3.91. The second-order valence-electron chi connectivity index (χ2n) is 7.17. The van der Waals surface area contributed by atoms with Crippen molar-refractivity contribution in [3.05, 3.63) is 35.4 Å². The average Bonchev–Trinajstić information content (AvgIpc) is 3.09. The smallest absolute Gasteiger partial charge is 0.326 e. The van der Waals surface area contributed by atoms with E-state index in [-0.39, 0.29) is 24.8 Å². The third-order valence-electron chi connectivity index (χ3n) is 5.09. The summed E-state index contributed by atoms with van der Waals surface area (Å²) in [5.74, 6) is -1.59. The second-order valence-corrected chi connectivity index (χ2v) is 7.17. The van der Waals surface area contributed by atoms with E-state index in [4.69, 9.17) is 0 Å². The molecule has 0 bridgehead atoms. The molecule has 25 heavy (non-hydrogen) atoms. The minimum Gasteiger partial charge on any atom is -0.480 e. The summed E-state index contributed by atoms with van der Waals surface area (Å²) < 4.78 is 0. The van der Waals surface area contributed by atoms with Crippen LogP contribution in [0.2, 0.25) is 0 Å². The molecule has 1 aromatic carbocycles. The topological polar surface area (TPSA) is 101 Å². The Morgan fingerprint density at radius 1 is 1.20 bits per heavy atom. The molecule has 4 atom stereocenters. The molecule has 3 rings (SSSR count). The first-order chi connectivity index (χ1) is 11.8. The zero-order chi connectivity index (χ0) is 18.3. The zero-order valence-electron chi connectivity index (χ0n) is 14.4. The van der Waals surface area contributed by atoms with Gasteiger partial charge in [0.1, 0.15) is 12.3 Å². The molecule has 7 nitrogen and oxygen atoms in total. The van der Waals surface area contributed by atoms with Crippen molar-refractivity contribution in [1.29, 1.82) is 0 Å². The molecule has 0 unspecified atom stereocenters. The van der Waals surface area contributed by atoms with Crippen molar-refractivity contribution < 1.29 is 24.9 Å². The fraction of sp³-hybridized carbons (Fsp3) is 0.556. The lowest BCUT2D eigenvalue weighted by molar-refractivity contribution is -0.154. The first-order valence-electron chi connectivity index (χ1n) is 8.54. The van der Waals surface area contributed by atoms with Crippen molar-refractivity contribution in [1.82, 2.24) is 9.80 Å². The molecule has 1 aromatic rings. The highest BCUT2D eigenvalue weighted by molar-refractivity contribution is 5.88. The Labute approximate surface area is 146 Å². The van der Waals surface area contributed by atoms with Crippen LogP contribution in [0.15, 0.2) is 24.3 Å². The number of rotatable bonds is 4. The second kappa shape index (κ2) is 6.74. The predicted octanol–water partition coefficient (Wildman–Crippen LogP) is 0.564.